The number of nitrogens with zero attached hydrogens (tertiary/aromatic N) is 3. The first-order chi connectivity index (χ1) is 12.1. The lowest BCUT2D eigenvalue weighted by atomic mass is 10.2. The number of carbonyl (C=O) groups is 2. The number of nitrogens with one attached hydrogen (secondary N) is 1. The van der Waals surface area contributed by atoms with E-state index in [1.54, 1.807) is 16.7 Å². The van der Waals surface area contributed by atoms with Gasteiger partial charge in [0.2, 0.25) is 11.8 Å². The van der Waals surface area contributed by atoms with Crippen molar-refractivity contribution in [2.75, 3.05) is 21.7 Å². The van der Waals surface area contributed by atoms with E-state index < -0.39 is 0 Å². The lowest BCUT2D eigenvalue weighted by Crippen LogP contribution is -2.40. The predicted molar refractivity (Wildman–Crippen MR) is 104 cm³/mol. The predicted octanol–water partition coefficient (Wildman–Crippen LogP) is 3.51. The average Bonchev–Trinajstić information content (AvgIpc) is 2.97. The van der Waals surface area contributed by atoms with Gasteiger partial charge in [-0.05, 0) is 24.8 Å². The third-order valence-corrected chi connectivity index (χ3v) is 6.66. The summed E-state index contributed by atoms with van der Waals surface area (Å²) in [6.45, 7) is 3.96. The number of hydrogen-bond acceptors (Lipinski definition) is 7. The molecule has 25 heavy (non-hydrogen) atoms. The first-order valence-electron chi connectivity index (χ1n) is 7.88. The minimum atomic E-state index is -0.197. The summed E-state index contributed by atoms with van der Waals surface area (Å²) in [5, 5.41) is 11.1. The van der Waals surface area contributed by atoms with Crippen LogP contribution in [0.1, 0.15) is 20.3 Å². The molecule has 9 heteroatoms. The lowest BCUT2D eigenvalue weighted by Gasteiger charge is -2.27. The molecule has 0 spiro atoms. The van der Waals surface area contributed by atoms with E-state index in [1.165, 1.54) is 23.1 Å². The number of benzene rings is 1. The Labute approximate surface area is 158 Å². The molecule has 1 atom stereocenters. The molecule has 3 rings (SSSR count). The molecule has 0 saturated carbocycles. The summed E-state index contributed by atoms with van der Waals surface area (Å²) < 4.78 is 1.70. The first kappa shape index (κ1) is 18.2. The van der Waals surface area contributed by atoms with E-state index >= 15 is 0 Å². The Hall–Kier alpha value is -1.58. The van der Waals surface area contributed by atoms with E-state index in [9.17, 15) is 9.59 Å². The largest absolute Gasteiger partial charge is 0.324 e. The molecule has 2 heterocycles. The van der Waals surface area contributed by atoms with Gasteiger partial charge in [0.25, 0.3) is 0 Å². The molecule has 6 nitrogen and oxygen atoms in total. The molecule has 1 aliphatic heterocycles. The summed E-state index contributed by atoms with van der Waals surface area (Å²) >= 11 is 4.53. The fraction of sp³-hybridized carbons (Fsp3) is 0.375. The second-order valence-electron chi connectivity index (χ2n) is 5.44. The molecule has 1 N–H and O–H groups in total. The third kappa shape index (κ3) is 4.34. The Morgan fingerprint density at radius 3 is 2.80 bits per heavy atom. The van der Waals surface area contributed by atoms with Gasteiger partial charge in [-0.2, -0.15) is 0 Å². The SMILES string of the molecule is CCSc1nnc(SCC(=O)N2c3ccccc3NC(=O)C[C@H]2C)s1. The van der Waals surface area contributed by atoms with Crippen LogP contribution in [0.15, 0.2) is 32.9 Å². The number of hydrogen-bond donors (Lipinski definition) is 1. The van der Waals surface area contributed by atoms with Gasteiger partial charge in [0.1, 0.15) is 0 Å². The number of carbonyl (C=O) groups excluding carboxylic acids is 2. The van der Waals surface area contributed by atoms with E-state index in [1.807, 2.05) is 31.2 Å². The maximum absolute atomic E-state index is 12.9. The van der Waals surface area contributed by atoms with Crippen LogP contribution in [-0.2, 0) is 9.59 Å². The zero-order valence-electron chi connectivity index (χ0n) is 13.9. The van der Waals surface area contributed by atoms with E-state index in [0.29, 0.717) is 5.69 Å². The number of para-hydroxylation sites is 2. The van der Waals surface area contributed by atoms with Gasteiger partial charge in [-0.1, -0.05) is 53.9 Å². The van der Waals surface area contributed by atoms with Crippen LogP contribution in [-0.4, -0.2) is 39.6 Å². The molecule has 132 valence electrons. The number of rotatable bonds is 5. The summed E-state index contributed by atoms with van der Waals surface area (Å²) in [6.07, 6.45) is 0.279. The molecule has 0 aliphatic carbocycles. The van der Waals surface area contributed by atoms with Crippen LogP contribution < -0.4 is 10.2 Å². The van der Waals surface area contributed by atoms with Crippen LogP contribution in [0, 0.1) is 0 Å². The fourth-order valence-corrected chi connectivity index (χ4v) is 5.37. The molecule has 0 saturated heterocycles. The van der Waals surface area contributed by atoms with Crippen LogP contribution in [0.5, 0.6) is 0 Å². The summed E-state index contributed by atoms with van der Waals surface area (Å²) in [4.78, 5) is 26.6. The van der Waals surface area contributed by atoms with Crippen molar-refractivity contribution in [3.63, 3.8) is 0 Å². The van der Waals surface area contributed by atoms with Crippen molar-refractivity contribution < 1.29 is 9.59 Å². The highest BCUT2D eigenvalue weighted by molar-refractivity contribution is 8.03. The van der Waals surface area contributed by atoms with E-state index in [-0.39, 0.29) is 30.0 Å². The van der Waals surface area contributed by atoms with Crippen molar-refractivity contribution >= 4 is 58.0 Å². The Morgan fingerprint density at radius 1 is 1.32 bits per heavy atom. The molecule has 2 aromatic rings. The summed E-state index contributed by atoms with van der Waals surface area (Å²) in [5.74, 6) is 1.09. The molecule has 1 aromatic heterocycles. The van der Waals surface area contributed by atoms with Crippen molar-refractivity contribution in [3.8, 4) is 0 Å². The lowest BCUT2D eigenvalue weighted by molar-refractivity contribution is -0.117. The molecule has 1 aromatic carbocycles. The second-order valence-corrected chi connectivity index (χ2v) is 9.15. The van der Waals surface area contributed by atoms with Crippen LogP contribution in [0.3, 0.4) is 0 Å². The average molecular weight is 395 g/mol. The number of anilines is 2. The van der Waals surface area contributed by atoms with Crippen LogP contribution in [0.25, 0.3) is 0 Å². The van der Waals surface area contributed by atoms with E-state index in [0.717, 1.165) is 20.1 Å². The van der Waals surface area contributed by atoms with Crippen LogP contribution >= 0.6 is 34.9 Å². The minimum absolute atomic E-state index is 0.0404. The maximum atomic E-state index is 12.9. The smallest absolute Gasteiger partial charge is 0.237 e. The van der Waals surface area contributed by atoms with Crippen molar-refractivity contribution in [3.05, 3.63) is 24.3 Å². The number of fused-ring (bicyclic) bond motifs is 1. The van der Waals surface area contributed by atoms with Gasteiger partial charge < -0.3 is 10.2 Å². The molecule has 0 radical (unpaired) electrons. The number of thioether (sulfide) groups is 2. The second kappa shape index (κ2) is 8.20. The van der Waals surface area contributed by atoms with Crippen molar-refractivity contribution in [2.24, 2.45) is 0 Å². The van der Waals surface area contributed by atoms with Crippen LogP contribution in [0.4, 0.5) is 11.4 Å². The summed E-state index contributed by atoms with van der Waals surface area (Å²) in [5.41, 5.74) is 1.42. The first-order valence-corrected chi connectivity index (χ1v) is 10.7. The zero-order chi connectivity index (χ0) is 17.8. The highest BCUT2D eigenvalue weighted by Crippen LogP contribution is 2.33. The number of aromatic nitrogens is 2. The highest BCUT2D eigenvalue weighted by Gasteiger charge is 2.29. The quantitative estimate of drug-likeness (QED) is 0.782. The van der Waals surface area contributed by atoms with Gasteiger partial charge in [-0.15, -0.1) is 10.2 Å². The van der Waals surface area contributed by atoms with Gasteiger partial charge in [0.05, 0.1) is 17.1 Å². The van der Waals surface area contributed by atoms with Gasteiger partial charge >= 0.3 is 0 Å². The zero-order valence-corrected chi connectivity index (χ0v) is 16.3. The Balaban J connectivity index is 1.74. The topological polar surface area (TPSA) is 75.2 Å². The normalized spacial score (nSPS) is 17.0. The number of amides is 2. The molecule has 2 amide bonds. The van der Waals surface area contributed by atoms with E-state index in [2.05, 4.69) is 22.4 Å². The highest BCUT2D eigenvalue weighted by atomic mass is 32.2. The van der Waals surface area contributed by atoms with Gasteiger partial charge in [-0.3, -0.25) is 9.59 Å². The van der Waals surface area contributed by atoms with Crippen molar-refractivity contribution in [1.29, 1.82) is 0 Å². The Morgan fingerprint density at radius 2 is 2.04 bits per heavy atom. The Bertz CT molecular complexity index is 780. The van der Waals surface area contributed by atoms with Gasteiger partial charge in [0.15, 0.2) is 8.68 Å². The van der Waals surface area contributed by atoms with Gasteiger partial charge in [0, 0.05) is 12.5 Å². The minimum Gasteiger partial charge on any atom is -0.324 e. The third-order valence-electron chi connectivity index (χ3n) is 3.60. The monoisotopic (exact) mass is 394 g/mol. The van der Waals surface area contributed by atoms with E-state index in [4.69, 9.17) is 0 Å². The molecular weight excluding hydrogens is 376 g/mol. The van der Waals surface area contributed by atoms with Crippen molar-refractivity contribution in [2.45, 2.75) is 35.0 Å². The summed E-state index contributed by atoms with van der Waals surface area (Å²) in [6, 6.07) is 7.20. The molecule has 1 aliphatic rings. The molecular formula is C16H18N4O2S3. The van der Waals surface area contributed by atoms with Gasteiger partial charge in [-0.25, -0.2) is 0 Å². The molecule has 0 bridgehead atoms. The Kier molecular flexibility index (Phi) is 5.98. The molecule has 0 unspecified atom stereocenters. The van der Waals surface area contributed by atoms with Crippen molar-refractivity contribution in [1.82, 2.24) is 10.2 Å². The maximum Gasteiger partial charge on any atom is 0.237 e. The fourth-order valence-electron chi connectivity index (χ4n) is 2.60. The molecule has 0 fully saturated rings. The standard InChI is InChI=1S/C16H18N4O2S3/c1-3-23-15-18-19-16(25-15)24-9-14(22)20-10(2)8-13(21)17-11-6-4-5-7-12(11)20/h4-7,10H,3,8-9H2,1-2H3,(H,17,21)/t10-/m1/s1. The van der Waals surface area contributed by atoms with Crippen LogP contribution in [0.2, 0.25) is 0 Å². The summed E-state index contributed by atoms with van der Waals surface area (Å²) in [7, 11) is 0.